The van der Waals surface area contributed by atoms with Crippen LogP contribution >= 0.6 is 0 Å². The minimum absolute atomic E-state index is 0.324. The molecule has 21 heavy (non-hydrogen) atoms. The van der Waals surface area contributed by atoms with Gasteiger partial charge >= 0.3 is 5.63 Å². The predicted molar refractivity (Wildman–Crippen MR) is 76.3 cm³/mol. The molecular formula is C16H17O5-. The Morgan fingerprint density at radius 1 is 1.43 bits per heavy atom. The van der Waals surface area contributed by atoms with E-state index >= 15 is 0 Å². The molecule has 0 fully saturated rings. The molecule has 0 aliphatic rings. The number of carbonyl (C=O) groups excluding carboxylic acids is 1. The highest BCUT2D eigenvalue weighted by atomic mass is 16.5. The molecule has 5 nitrogen and oxygen atoms in total. The maximum Gasteiger partial charge on any atom is 0.339 e. The van der Waals surface area contributed by atoms with Crippen molar-refractivity contribution in [1.29, 1.82) is 0 Å². The van der Waals surface area contributed by atoms with E-state index in [0.717, 1.165) is 17.4 Å². The van der Waals surface area contributed by atoms with Gasteiger partial charge in [0, 0.05) is 17.0 Å². The SMILES string of the molecule is CCCc1c(C)c2ccc(OC(C)C(=O)[O-])cc2oc1=O. The molecule has 0 saturated carbocycles. The fraction of sp³-hybridized carbons (Fsp3) is 0.375. The van der Waals surface area contributed by atoms with Crippen LogP contribution in [0.5, 0.6) is 5.75 Å². The van der Waals surface area contributed by atoms with Crippen molar-refractivity contribution in [3.05, 3.63) is 39.7 Å². The highest BCUT2D eigenvalue weighted by Gasteiger charge is 2.12. The summed E-state index contributed by atoms with van der Waals surface area (Å²) in [7, 11) is 0. The number of rotatable bonds is 5. The van der Waals surface area contributed by atoms with Gasteiger partial charge in [-0.3, -0.25) is 0 Å². The first-order valence-electron chi connectivity index (χ1n) is 6.88. The molecule has 1 atom stereocenters. The molecule has 0 aliphatic heterocycles. The van der Waals surface area contributed by atoms with Gasteiger partial charge in [-0.1, -0.05) is 13.3 Å². The molecule has 5 heteroatoms. The number of carbonyl (C=O) groups is 1. The Hall–Kier alpha value is -2.30. The summed E-state index contributed by atoms with van der Waals surface area (Å²) in [4.78, 5) is 22.7. The minimum atomic E-state index is -1.30. The van der Waals surface area contributed by atoms with Gasteiger partial charge in [-0.15, -0.1) is 0 Å². The van der Waals surface area contributed by atoms with Gasteiger partial charge in [-0.25, -0.2) is 4.79 Å². The summed E-state index contributed by atoms with van der Waals surface area (Å²) in [5.74, 6) is -0.976. The van der Waals surface area contributed by atoms with E-state index in [1.54, 1.807) is 12.1 Å². The van der Waals surface area contributed by atoms with E-state index in [-0.39, 0.29) is 5.63 Å². The fourth-order valence-corrected chi connectivity index (χ4v) is 2.24. The second-order valence-corrected chi connectivity index (χ2v) is 4.98. The second kappa shape index (κ2) is 5.99. The molecule has 0 aliphatic carbocycles. The Kier molecular flexibility index (Phi) is 4.31. The van der Waals surface area contributed by atoms with Crippen LogP contribution in [0.1, 0.15) is 31.4 Å². The molecule has 0 N–H and O–H groups in total. The summed E-state index contributed by atoms with van der Waals surface area (Å²) in [6, 6.07) is 4.95. The zero-order valence-corrected chi connectivity index (χ0v) is 12.3. The monoisotopic (exact) mass is 289 g/mol. The van der Waals surface area contributed by atoms with Crippen molar-refractivity contribution < 1.29 is 19.1 Å². The van der Waals surface area contributed by atoms with Crippen molar-refractivity contribution in [1.82, 2.24) is 0 Å². The lowest BCUT2D eigenvalue weighted by Crippen LogP contribution is -2.37. The summed E-state index contributed by atoms with van der Waals surface area (Å²) in [5.41, 5.74) is 1.61. The molecule has 1 unspecified atom stereocenters. The Morgan fingerprint density at radius 2 is 2.14 bits per heavy atom. The molecule has 2 aromatic rings. The van der Waals surface area contributed by atoms with Gasteiger partial charge in [-0.05, 0) is 38.0 Å². The van der Waals surface area contributed by atoms with E-state index < -0.39 is 12.1 Å². The van der Waals surface area contributed by atoms with Crippen LogP contribution in [0.25, 0.3) is 11.0 Å². The third-order valence-corrected chi connectivity index (χ3v) is 3.40. The second-order valence-electron chi connectivity index (χ2n) is 4.98. The zero-order chi connectivity index (χ0) is 15.6. The Bertz CT molecular complexity index is 729. The lowest BCUT2D eigenvalue weighted by atomic mass is 10.0. The molecular weight excluding hydrogens is 272 g/mol. The number of carboxylic acid groups (broad SMARTS) is 1. The lowest BCUT2D eigenvalue weighted by Gasteiger charge is -2.15. The van der Waals surface area contributed by atoms with E-state index in [1.807, 2.05) is 13.8 Å². The largest absolute Gasteiger partial charge is 0.546 e. The van der Waals surface area contributed by atoms with E-state index in [2.05, 4.69) is 0 Å². The average molecular weight is 289 g/mol. The van der Waals surface area contributed by atoms with Crippen LogP contribution in [-0.2, 0) is 11.2 Å². The third-order valence-electron chi connectivity index (χ3n) is 3.40. The van der Waals surface area contributed by atoms with E-state index in [4.69, 9.17) is 9.15 Å². The lowest BCUT2D eigenvalue weighted by molar-refractivity contribution is -0.312. The first-order valence-corrected chi connectivity index (χ1v) is 6.88. The first-order chi connectivity index (χ1) is 9.93. The van der Waals surface area contributed by atoms with Crippen LogP contribution in [0.4, 0.5) is 0 Å². The molecule has 0 spiro atoms. The van der Waals surface area contributed by atoms with Crippen LogP contribution in [0.3, 0.4) is 0 Å². The van der Waals surface area contributed by atoms with Crippen LogP contribution < -0.4 is 15.5 Å². The quantitative estimate of drug-likeness (QED) is 0.781. The van der Waals surface area contributed by atoms with Gasteiger partial charge in [-0.2, -0.15) is 0 Å². The van der Waals surface area contributed by atoms with Crippen molar-refractivity contribution in [2.24, 2.45) is 0 Å². The van der Waals surface area contributed by atoms with Gasteiger partial charge in [0.15, 0.2) is 0 Å². The Morgan fingerprint density at radius 3 is 2.76 bits per heavy atom. The summed E-state index contributed by atoms with van der Waals surface area (Å²) in [5, 5.41) is 11.5. The summed E-state index contributed by atoms with van der Waals surface area (Å²) < 4.78 is 10.5. The number of carboxylic acids is 1. The fourth-order valence-electron chi connectivity index (χ4n) is 2.24. The molecule has 1 heterocycles. The minimum Gasteiger partial charge on any atom is -0.546 e. The van der Waals surface area contributed by atoms with Crippen molar-refractivity contribution >= 4 is 16.9 Å². The molecule has 2 rings (SSSR count). The molecule has 1 aromatic carbocycles. The normalized spacial score (nSPS) is 12.3. The summed E-state index contributed by atoms with van der Waals surface area (Å²) >= 11 is 0. The zero-order valence-electron chi connectivity index (χ0n) is 12.3. The maximum atomic E-state index is 12.0. The number of benzene rings is 1. The highest BCUT2D eigenvalue weighted by molar-refractivity contribution is 5.82. The van der Waals surface area contributed by atoms with Crippen LogP contribution in [0.2, 0.25) is 0 Å². The van der Waals surface area contributed by atoms with Crippen molar-refractivity contribution in [2.45, 2.75) is 39.7 Å². The topological polar surface area (TPSA) is 79.6 Å². The van der Waals surface area contributed by atoms with E-state index in [1.165, 1.54) is 13.0 Å². The average Bonchev–Trinajstić information content (AvgIpc) is 2.43. The van der Waals surface area contributed by atoms with Crippen LogP contribution in [0, 0.1) is 6.92 Å². The molecule has 0 amide bonds. The summed E-state index contributed by atoms with van der Waals surface area (Å²) in [6.07, 6.45) is 0.459. The molecule has 1 aromatic heterocycles. The van der Waals surface area contributed by atoms with E-state index in [9.17, 15) is 14.7 Å². The highest BCUT2D eigenvalue weighted by Crippen LogP contribution is 2.25. The number of fused-ring (bicyclic) bond motifs is 1. The number of aryl methyl sites for hydroxylation is 1. The van der Waals surface area contributed by atoms with Gasteiger partial charge in [0.1, 0.15) is 17.4 Å². The molecule has 0 saturated heterocycles. The Balaban J connectivity index is 2.47. The van der Waals surface area contributed by atoms with Gasteiger partial charge < -0.3 is 19.1 Å². The van der Waals surface area contributed by atoms with E-state index in [0.29, 0.717) is 23.3 Å². The van der Waals surface area contributed by atoms with Crippen molar-refractivity contribution in [3.63, 3.8) is 0 Å². The van der Waals surface area contributed by atoms with Gasteiger partial charge in [0.2, 0.25) is 0 Å². The molecule has 0 radical (unpaired) electrons. The molecule has 112 valence electrons. The van der Waals surface area contributed by atoms with Gasteiger partial charge in [0.05, 0.1) is 5.97 Å². The first kappa shape index (κ1) is 15.1. The van der Waals surface area contributed by atoms with Crippen LogP contribution in [0.15, 0.2) is 27.4 Å². The number of hydrogen-bond acceptors (Lipinski definition) is 5. The van der Waals surface area contributed by atoms with Crippen molar-refractivity contribution in [2.75, 3.05) is 0 Å². The van der Waals surface area contributed by atoms with Gasteiger partial charge in [0.25, 0.3) is 0 Å². The third kappa shape index (κ3) is 3.07. The smallest absolute Gasteiger partial charge is 0.339 e. The van der Waals surface area contributed by atoms with Crippen molar-refractivity contribution in [3.8, 4) is 5.75 Å². The number of aliphatic carboxylic acids is 1. The Labute approximate surface area is 122 Å². The van der Waals surface area contributed by atoms with Crippen LogP contribution in [-0.4, -0.2) is 12.1 Å². The summed E-state index contributed by atoms with van der Waals surface area (Å²) in [6.45, 7) is 5.27. The molecule has 0 bridgehead atoms. The number of hydrogen-bond donors (Lipinski definition) is 0. The number of ether oxygens (including phenoxy) is 1. The predicted octanol–water partition coefficient (Wildman–Crippen LogP) is 1.57. The standard InChI is InChI=1S/C16H18O5/c1-4-5-13-9(2)12-7-6-11(20-10(3)15(17)18)8-14(12)21-16(13)19/h6-8,10H,4-5H2,1-3H3,(H,17,18)/p-1. The maximum absolute atomic E-state index is 12.0.